The van der Waals surface area contributed by atoms with E-state index in [9.17, 15) is 4.79 Å². The quantitative estimate of drug-likeness (QED) is 0.876. The third-order valence-corrected chi connectivity index (χ3v) is 2.66. The van der Waals surface area contributed by atoms with Crippen LogP contribution in [0.4, 0.5) is 0 Å². The van der Waals surface area contributed by atoms with Crippen molar-refractivity contribution in [1.82, 2.24) is 4.98 Å². The summed E-state index contributed by atoms with van der Waals surface area (Å²) in [5, 5.41) is 1.91. The first kappa shape index (κ1) is 11.8. The van der Waals surface area contributed by atoms with Gasteiger partial charge in [-0.3, -0.25) is 4.79 Å². The Morgan fingerprint density at radius 3 is 2.18 bits per heavy atom. The standard InChI is InChI=1S/C13H15NO3/c1-16-7-11-3-9-5-13(15)14-6-10(9)4-12(11)8-17-2/h3-6H,7-8H2,1-2H3,(H,14,15). The predicted octanol–water partition coefficient (Wildman–Crippen LogP) is 1.82. The second-order valence-electron chi connectivity index (χ2n) is 3.91. The highest BCUT2D eigenvalue weighted by atomic mass is 16.5. The molecule has 0 spiro atoms. The minimum Gasteiger partial charge on any atom is -0.380 e. The van der Waals surface area contributed by atoms with Gasteiger partial charge in [0.05, 0.1) is 13.2 Å². The molecule has 90 valence electrons. The van der Waals surface area contributed by atoms with Gasteiger partial charge in [0, 0.05) is 26.5 Å². The van der Waals surface area contributed by atoms with E-state index in [0.717, 1.165) is 21.9 Å². The zero-order valence-corrected chi connectivity index (χ0v) is 9.95. The van der Waals surface area contributed by atoms with Gasteiger partial charge in [-0.1, -0.05) is 0 Å². The number of nitrogens with one attached hydrogen (secondary N) is 1. The van der Waals surface area contributed by atoms with Crippen molar-refractivity contribution < 1.29 is 9.47 Å². The molecule has 1 aromatic heterocycles. The number of rotatable bonds is 4. The van der Waals surface area contributed by atoms with Crippen molar-refractivity contribution in [2.24, 2.45) is 0 Å². The normalized spacial score (nSPS) is 10.9. The van der Waals surface area contributed by atoms with Crippen LogP contribution in [-0.4, -0.2) is 19.2 Å². The minimum absolute atomic E-state index is 0.0969. The Morgan fingerprint density at radius 1 is 1.00 bits per heavy atom. The molecule has 2 aromatic rings. The van der Waals surface area contributed by atoms with Crippen LogP contribution in [0.25, 0.3) is 10.8 Å². The van der Waals surface area contributed by atoms with Crippen molar-refractivity contribution in [3.63, 3.8) is 0 Å². The van der Waals surface area contributed by atoms with Gasteiger partial charge < -0.3 is 14.5 Å². The number of aromatic nitrogens is 1. The maximum atomic E-state index is 11.3. The molecule has 0 atom stereocenters. The Bertz CT molecular complexity index is 574. The number of ether oxygens (including phenoxy) is 2. The maximum Gasteiger partial charge on any atom is 0.248 e. The van der Waals surface area contributed by atoms with E-state index in [-0.39, 0.29) is 5.56 Å². The molecule has 0 unspecified atom stereocenters. The summed E-state index contributed by atoms with van der Waals surface area (Å²) in [6.45, 7) is 1.05. The fraction of sp³-hybridized carbons (Fsp3) is 0.308. The molecule has 0 bridgehead atoms. The van der Waals surface area contributed by atoms with Crippen LogP contribution in [0, 0.1) is 0 Å². The van der Waals surface area contributed by atoms with Crippen LogP contribution in [0.1, 0.15) is 11.1 Å². The summed E-state index contributed by atoms with van der Waals surface area (Å²) in [7, 11) is 3.31. The molecule has 1 N–H and O–H groups in total. The molecule has 4 heteroatoms. The maximum absolute atomic E-state index is 11.3. The summed E-state index contributed by atoms with van der Waals surface area (Å²) >= 11 is 0. The van der Waals surface area contributed by atoms with Crippen molar-refractivity contribution in [3.05, 3.63) is 45.9 Å². The van der Waals surface area contributed by atoms with Crippen molar-refractivity contribution >= 4 is 10.8 Å². The van der Waals surface area contributed by atoms with Crippen molar-refractivity contribution in [3.8, 4) is 0 Å². The number of aromatic amines is 1. The Morgan fingerprint density at radius 2 is 1.59 bits per heavy atom. The van der Waals surface area contributed by atoms with Crippen LogP contribution in [0.2, 0.25) is 0 Å². The predicted molar refractivity (Wildman–Crippen MR) is 66.0 cm³/mol. The Labute approximate surface area is 99.2 Å². The molecule has 0 radical (unpaired) electrons. The lowest BCUT2D eigenvalue weighted by Crippen LogP contribution is -2.04. The van der Waals surface area contributed by atoms with E-state index in [1.807, 2.05) is 12.1 Å². The molecule has 0 amide bonds. The van der Waals surface area contributed by atoms with Crippen LogP contribution in [0.3, 0.4) is 0 Å². The molecule has 1 aromatic carbocycles. The molecule has 17 heavy (non-hydrogen) atoms. The molecule has 0 saturated heterocycles. The lowest BCUT2D eigenvalue weighted by molar-refractivity contribution is 0.168. The van der Waals surface area contributed by atoms with E-state index in [2.05, 4.69) is 4.98 Å². The average Bonchev–Trinajstić information content (AvgIpc) is 2.31. The largest absolute Gasteiger partial charge is 0.380 e. The zero-order valence-electron chi connectivity index (χ0n) is 9.95. The van der Waals surface area contributed by atoms with Crippen molar-refractivity contribution in [2.45, 2.75) is 13.2 Å². The molecular weight excluding hydrogens is 218 g/mol. The summed E-state index contributed by atoms with van der Waals surface area (Å²) in [4.78, 5) is 13.9. The average molecular weight is 233 g/mol. The van der Waals surface area contributed by atoms with Gasteiger partial charge in [-0.25, -0.2) is 0 Å². The third kappa shape index (κ3) is 2.54. The van der Waals surface area contributed by atoms with E-state index < -0.39 is 0 Å². The van der Waals surface area contributed by atoms with Gasteiger partial charge in [0.15, 0.2) is 0 Å². The zero-order chi connectivity index (χ0) is 12.3. The van der Waals surface area contributed by atoms with Gasteiger partial charge in [0.2, 0.25) is 5.56 Å². The lowest BCUT2D eigenvalue weighted by Gasteiger charge is -2.10. The smallest absolute Gasteiger partial charge is 0.248 e. The SMILES string of the molecule is COCc1cc2c[nH]c(=O)cc2cc1COC. The first-order valence-corrected chi connectivity index (χ1v) is 5.36. The van der Waals surface area contributed by atoms with Crippen LogP contribution in [0.5, 0.6) is 0 Å². The molecular formula is C13H15NO3. The minimum atomic E-state index is -0.0969. The molecule has 0 aliphatic heterocycles. The number of methoxy groups -OCH3 is 2. The van der Waals surface area contributed by atoms with Gasteiger partial charge >= 0.3 is 0 Å². The summed E-state index contributed by atoms with van der Waals surface area (Å²) in [5.74, 6) is 0. The monoisotopic (exact) mass is 233 g/mol. The van der Waals surface area contributed by atoms with Crippen molar-refractivity contribution in [2.75, 3.05) is 14.2 Å². The fourth-order valence-corrected chi connectivity index (χ4v) is 1.89. The number of H-pyrrole nitrogens is 1. The summed E-state index contributed by atoms with van der Waals surface area (Å²) in [5.41, 5.74) is 2.03. The number of fused-ring (bicyclic) bond motifs is 1. The summed E-state index contributed by atoms with van der Waals surface area (Å²) < 4.78 is 10.3. The summed E-state index contributed by atoms with van der Waals surface area (Å²) in [6.07, 6.45) is 1.72. The molecule has 0 fully saturated rings. The van der Waals surface area contributed by atoms with E-state index in [1.54, 1.807) is 26.5 Å². The first-order valence-electron chi connectivity index (χ1n) is 5.36. The lowest BCUT2D eigenvalue weighted by atomic mass is 10.0. The van der Waals surface area contributed by atoms with Crippen LogP contribution in [0.15, 0.2) is 29.2 Å². The van der Waals surface area contributed by atoms with Gasteiger partial charge in [0.25, 0.3) is 0 Å². The van der Waals surface area contributed by atoms with Gasteiger partial charge in [-0.2, -0.15) is 0 Å². The van der Waals surface area contributed by atoms with E-state index in [0.29, 0.717) is 13.2 Å². The number of benzene rings is 1. The highest BCUT2D eigenvalue weighted by molar-refractivity contribution is 5.83. The second kappa shape index (κ2) is 5.12. The van der Waals surface area contributed by atoms with Gasteiger partial charge in [-0.05, 0) is 34.0 Å². The Hall–Kier alpha value is -1.65. The Kier molecular flexibility index (Phi) is 3.56. The van der Waals surface area contributed by atoms with E-state index in [4.69, 9.17) is 9.47 Å². The first-order chi connectivity index (χ1) is 8.24. The highest BCUT2D eigenvalue weighted by Gasteiger charge is 2.05. The molecule has 0 aliphatic rings. The van der Waals surface area contributed by atoms with Crippen LogP contribution >= 0.6 is 0 Å². The summed E-state index contributed by atoms with van der Waals surface area (Å²) in [6, 6.07) is 5.58. The molecule has 0 aliphatic carbocycles. The number of hydrogen-bond donors (Lipinski definition) is 1. The van der Waals surface area contributed by atoms with Crippen molar-refractivity contribution in [1.29, 1.82) is 0 Å². The molecule has 1 heterocycles. The third-order valence-electron chi connectivity index (χ3n) is 2.66. The molecule has 0 saturated carbocycles. The van der Waals surface area contributed by atoms with Crippen LogP contribution < -0.4 is 5.56 Å². The van der Waals surface area contributed by atoms with E-state index in [1.165, 1.54) is 0 Å². The number of hydrogen-bond acceptors (Lipinski definition) is 3. The second-order valence-corrected chi connectivity index (χ2v) is 3.91. The molecule has 2 rings (SSSR count). The molecule has 4 nitrogen and oxygen atoms in total. The van der Waals surface area contributed by atoms with Crippen LogP contribution in [-0.2, 0) is 22.7 Å². The van der Waals surface area contributed by atoms with Gasteiger partial charge in [0.1, 0.15) is 0 Å². The highest BCUT2D eigenvalue weighted by Crippen LogP contribution is 2.20. The van der Waals surface area contributed by atoms with E-state index >= 15 is 0 Å². The fourth-order valence-electron chi connectivity index (χ4n) is 1.89. The number of pyridine rings is 1. The Balaban J connectivity index is 2.58. The topological polar surface area (TPSA) is 51.3 Å². The van der Waals surface area contributed by atoms with Gasteiger partial charge in [-0.15, -0.1) is 0 Å².